The van der Waals surface area contributed by atoms with Gasteiger partial charge in [-0.2, -0.15) is 0 Å². The van der Waals surface area contributed by atoms with Gasteiger partial charge in [-0.15, -0.1) is 0 Å². The van der Waals surface area contributed by atoms with Gasteiger partial charge in [0.2, 0.25) is 0 Å². The van der Waals surface area contributed by atoms with Crippen LogP contribution in [-0.2, 0) is 4.79 Å². The van der Waals surface area contributed by atoms with Gasteiger partial charge in [-0.1, -0.05) is 19.1 Å². The summed E-state index contributed by atoms with van der Waals surface area (Å²) in [6.07, 6.45) is 0. The van der Waals surface area contributed by atoms with Crippen LogP contribution in [0.3, 0.4) is 0 Å². The Bertz CT molecular complexity index is 366. The normalized spacial score (nSPS) is 11.9. The monoisotopic (exact) mass is 236 g/mol. The van der Waals surface area contributed by atoms with Crippen LogP contribution in [0.1, 0.15) is 25.5 Å². The van der Waals surface area contributed by atoms with Gasteiger partial charge < -0.3 is 15.4 Å². The van der Waals surface area contributed by atoms with Crippen molar-refractivity contribution in [2.75, 3.05) is 20.2 Å². The van der Waals surface area contributed by atoms with E-state index in [9.17, 15) is 4.79 Å². The molecule has 0 aliphatic heterocycles. The number of likely N-dealkylation sites (N-methyl/N-ethyl adjacent to an activating group) is 1. The molecule has 1 amide bonds. The fourth-order valence-electron chi connectivity index (χ4n) is 1.52. The van der Waals surface area contributed by atoms with Crippen LogP contribution in [0.4, 0.5) is 0 Å². The minimum absolute atomic E-state index is 0.0511. The zero-order chi connectivity index (χ0) is 12.7. The van der Waals surface area contributed by atoms with Gasteiger partial charge in [-0.3, -0.25) is 4.79 Å². The largest absolute Gasteiger partial charge is 0.484 e. The molecule has 0 fully saturated rings. The lowest BCUT2D eigenvalue weighted by molar-refractivity contribution is -0.122. The average molecular weight is 236 g/mol. The molecule has 0 spiro atoms. The number of rotatable bonds is 6. The summed E-state index contributed by atoms with van der Waals surface area (Å²) < 4.78 is 5.39. The zero-order valence-corrected chi connectivity index (χ0v) is 10.6. The van der Waals surface area contributed by atoms with E-state index in [-0.39, 0.29) is 18.6 Å². The van der Waals surface area contributed by atoms with Crippen molar-refractivity contribution in [1.29, 1.82) is 0 Å². The van der Waals surface area contributed by atoms with E-state index in [2.05, 4.69) is 24.5 Å². The first-order chi connectivity index (χ1) is 8.17. The van der Waals surface area contributed by atoms with Gasteiger partial charge in [0.05, 0.1) is 0 Å². The predicted octanol–water partition coefficient (Wildman–Crippen LogP) is 1.48. The van der Waals surface area contributed by atoms with E-state index in [1.807, 2.05) is 24.3 Å². The molecule has 4 heteroatoms. The first-order valence-electron chi connectivity index (χ1n) is 5.84. The van der Waals surface area contributed by atoms with Gasteiger partial charge in [0.15, 0.2) is 6.61 Å². The van der Waals surface area contributed by atoms with Gasteiger partial charge in [-0.25, -0.2) is 0 Å². The molecule has 1 aromatic rings. The molecule has 0 aliphatic carbocycles. The van der Waals surface area contributed by atoms with Crippen LogP contribution in [-0.4, -0.2) is 26.1 Å². The fraction of sp³-hybridized carbons (Fsp3) is 0.462. The Morgan fingerprint density at radius 2 is 2.24 bits per heavy atom. The molecule has 0 radical (unpaired) electrons. The van der Waals surface area contributed by atoms with Crippen LogP contribution in [0.25, 0.3) is 0 Å². The van der Waals surface area contributed by atoms with E-state index < -0.39 is 0 Å². The third-order valence-corrected chi connectivity index (χ3v) is 2.52. The molecular weight excluding hydrogens is 216 g/mol. The number of carbonyl (C=O) groups excluding carboxylic acids is 1. The molecule has 17 heavy (non-hydrogen) atoms. The molecule has 4 nitrogen and oxygen atoms in total. The van der Waals surface area contributed by atoms with Crippen molar-refractivity contribution in [3.63, 3.8) is 0 Å². The van der Waals surface area contributed by atoms with Gasteiger partial charge in [0.25, 0.3) is 5.91 Å². The second-order valence-corrected chi connectivity index (χ2v) is 3.81. The van der Waals surface area contributed by atoms with E-state index in [1.54, 1.807) is 7.05 Å². The molecular formula is C13H20N2O2. The van der Waals surface area contributed by atoms with Crippen LogP contribution >= 0.6 is 0 Å². The molecule has 0 heterocycles. The van der Waals surface area contributed by atoms with Crippen LogP contribution < -0.4 is 15.4 Å². The molecule has 1 atom stereocenters. The van der Waals surface area contributed by atoms with Crippen molar-refractivity contribution < 1.29 is 9.53 Å². The lowest BCUT2D eigenvalue weighted by atomic mass is 10.1. The second-order valence-electron chi connectivity index (χ2n) is 3.81. The minimum atomic E-state index is -0.130. The minimum Gasteiger partial charge on any atom is -0.484 e. The Hall–Kier alpha value is -1.55. The van der Waals surface area contributed by atoms with Gasteiger partial charge in [0, 0.05) is 13.1 Å². The predicted molar refractivity (Wildman–Crippen MR) is 68.1 cm³/mol. The number of benzene rings is 1. The molecule has 1 aromatic carbocycles. The highest BCUT2D eigenvalue weighted by molar-refractivity contribution is 5.77. The Labute approximate surface area is 102 Å². The molecule has 94 valence electrons. The molecule has 0 saturated heterocycles. The number of hydrogen-bond acceptors (Lipinski definition) is 3. The van der Waals surface area contributed by atoms with Crippen molar-refractivity contribution in [3.05, 3.63) is 29.8 Å². The first kappa shape index (κ1) is 13.5. The maximum Gasteiger partial charge on any atom is 0.257 e. The Balaban J connectivity index is 2.62. The van der Waals surface area contributed by atoms with Crippen molar-refractivity contribution in [3.8, 4) is 5.75 Å². The number of hydrogen-bond donors (Lipinski definition) is 2. The Morgan fingerprint density at radius 1 is 1.47 bits per heavy atom. The molecule has 2 N–H and O–H groups in total. The lowest BCUT2D eigenvalue weighted by Crippen LogP contribution is -2.24. The summed E-state index contributed by atoms with van der Waals surface area (Å²) in [6.45, 7) is 5.14. The molecule has 0 bridgehead atoms. The van der Waals surface area contributed by atoms with Crippen LogP contribution in [0.15, 0.2) is 24.3 Å². The van der Waals surface area contributed by atoms with Gasteiger partial charge in [-0.05, 0) is 31.2 Å². The van der Waals surface area contributed by atoms with Crippen LogP contribution in [0, 0.1) is 0 Å². The Kier molecular flexibility index (Phi) is 5.49. The fourth-order valence-corrected chi connectivity index (χ4v) is 1.52. The van der Waals surface area contributed by atoms with E-state index in [1.165, 1.54) is 0 Å². The smallest absolute Gasteiger partial charge is 0.257 e. The summed E-state index contributed by atoms with van der Waals surface area (Å²) in [5.74, 6) is 0.589. The summed E-state index contributed by atoms with van der Waals surface area (Å²) in [4.78, 5) is 11.1. The highest BCUT2D eigenvalue weighted by Gasteiger charge is 2.05. The first-order valence-corrected chi connectivity index (χ1v) is 5.84. The third kappa shape index (κ3) is 4.44. The summed E-state index contributed by atoms with van der Waals surface area (Å²) in [5, 5.41) is 5.85. The van der Waals surface area contributed by atoms with Crippen molar-refractivity contribution in [2.45, 2.75) is 19.9 Å². The summed E-state index contributed by atoms with van der Waals surface area (Å²) in [5.41, 5.74) is 1.15. The number of nitrogens with one attached hydrogen (secondary N) is 2. The maximum atomic E-state index is 11.1. The summed E-state index contributed by atoms with van der Waals surface area (Å²) in [7, 11) is 1.59. The van der Waals surface area contributed by atoms with Crippen molar-refractivity contribution in [2.24, 2.45) is 0 Å². The molecule has 0 saturated carbocycles. The van der Waals surface area contributed by atoms with Gasteiger partial charge >= 0.3 is 0 Å². The average Bonchev–Trinajstić information content (AvgIpc) is 2.36. The molecule has 1 unspecified atom stereocenters. The molecule has 1 rings (SSSR count). The number of carbonyl (C=O) groups is 1. The van der Waals surface area contributed by atoms with Crippen LogP contribution in [0.2, 0.25) is 0 Å². The topological polar surface area (TPSA) is 50.4 Å². The highest BCUT2D eigenvalue weighted by Crippen LogP contribution is 2.18. The van der Waals surface area contributed by atoms with E-state index >= 15 is 0 Å². The Morgan fingerprint density at radius 3 is 2.88 bits per heavy atom. The van der Waals surface area contributed by atoms with Crippen molar-refractivity contribution in [1.82, 2.24) is 10.6 Å². The van der Waals surface area contributed by atoms with Crippen LogP contribution in [0.5, 0.6) is 5.75 Å². The quantitative estimate of drug-likeness (QED) is 0.786. The maximum absolute atomic E-state index is 11.1. The SMILES string of the molecule is CCNC(C)c1cccc(OCC(=O)NC)c1. The standard InChI is InChI=1S/C13H20N2O2/c1-4-15-10(2)11-6-5-7-12(8-11)17-9-13(16)14-3/h5-8,10,15H,4,9H2,1-3H3,(H,14,16). The van der Waals surface area contributed by atoms with E-state index in [4.69, 9.17) is 4.74 Å². The van der Waals surface area contributed by atoms with E-state index in [0.717, 1.165) is 17.9 Å². The highest BCUT2D eigenvalue weighted by atomic mass is 16.5. The molecule has 0 aromatic heterocycles. The number of amides is 1. The second kappa shape index (κ2) is 6.91. The molecule has 0 aliphatic rings. The van der Waals surface area contributed by atoms with Gasteiger partial charge in [0.1, 0.15) is 5.75 Å². The zero-order valence-electron chi connectivity index (χ0n) is 10.6. The van der Waals surface area contributed by atoms with Crippen molar-refractivity contribution >= 4 is 5.91 Å². The third-order valence-electron chi connectivity index (χ3n) is 2.52. The van der Waals surface area contributed by atoms with E-state index in [0.29, 0.717) is 0 Å². The lowest BCUT2D eigenvalue weighted by Gasteiger charge is -2.14. The summed E-state index contributed by atoms with van der Waals surface area (Å²) in [6, 6.07) is 8.06. The number of ether oxygens (including phenoxy) is 1. The summed E-state index contributed by atoms with van der Waals surface area (Å²) >= 11 is 0.